The van der Waals surface area contributed by atoms with Crippen LogP contribution in [0.2, 0.25) is 0 Å². The molecule has 0 saturated carbocycles. The highest BCUT2D eigenvalue weighted by Gasteiger charge is 2.36. The van der Waals surface area contributed by atoms with E-state index in [1.54, 1.807) is 36.4 Å². The third kappa shape index (κ3) is 3.63. The van der Waals surface area contributed by atoms with Gasteiger partial charge in [-0.15, -0.1) is 0 Å². The normalized spacial score (nSPS) is 15.5. The lowest BCUT2D eigenvalue weighted by atomic mass is 10.2. The van der Waals surface area contributed by atoms with Crippen LogP contribution in [0.15, 0.2) is 74.5 Å². The summed E-state index contributed by atoms with van der Waals surface area (Å²) < 4.78 is 12.0. The van der Waals surface area contributed by atoms with Crippen molar-refractivity contribution in [3.63, 3.8) is 0 Å². The van der Waals surface area contributed by atoms with Gasteiger partial charge in [-0.1, -0.05) is 34.1 Å². The van der Waals surface area contributed by atoms with Gasteiger partial charge >= 0.3 is 0 Å². The summed E-state index contributed by atoms with van der Waals surface area (Å²) >= 11 is 4.29. The summed E-state index contributed by atoms with van der Waals surface area (Å²) in [6, 6.07) is 18.2. The molecule has 7 heteroatoms. The predicted octanol–water partition coefficient (Wildman–Crippen LogP) is 5.96. The molecule has 1 fully saturated rings. The Morgan fingerprint density at radius 1 is 1.07 bits per heavy atom. The number of imide groups is 1. The largest absolute Gasteiger partial charge is 0.497 e. The van der Waals surface area contributed by atoms with Crippen molar-refractivity contribution in [3.05, 3.63) is 75.8 Å². The first kappa shape index (κ1) is 18.6. The molecule has 0 unspecified atom stereocenters. The van der Waals surface area contributed by atoms with Crippen LogP contribution in [0.1, 0.15) is 5.76 Å². The van der Waals surface area contributed by atoms with E-state index in [0.29, 0.717) is 27.9 Å². The molecule has 5 nitrogen and oxygen atoms in total. The van der Waals surface area contributed by atoms with Crippen molar-refractivity contribution in [2.24, 2.45) is 0 Å². The Labute approximate surface area is 174 Å². The molecule has 1 aromatic heterocycles. The smallest absolute Gasteiger partial charge is 0.298 e. The van der Waals surface area contributed by atoms with E-state index in [9.17, 15) is 9.59 Å². The fourth-order valence-electron chi connectivity index (χ4n) is 2.77. The van der Waals surface area contributed by atoms with Crippen molar-refractivity contribution in [2.75, 3.05) is 12.0 Å². The van der Waals surface area contributed by atoms with Crippen LogP contribution in [-0.4, -0.2) is 18.3 Å². The number of hydrogen-bond acceptors (Lipinski definition) is 5. The molecule has 0 atom stereocenters. The van der Waals surface area contributed by atoms with Gasteiger partial charge < -0.3 is 9.15 Å². The van der Waals surface area contributed by atoms with Crippen LogP contribution in [0.25, 0.3) is 17.4 Å². The minimum atomic E-state index is -0.384. The first-order valence-corrected chi connectivity index (χ1v) is 9.94. The van der Waals surface area contributed by atoms with E-state index in [0.717, 1.165) is 26.7 Å². The molecule has 1 aliphatic rings. The van der Waals surface area contributed by atoms with Crippen molar-refractivity contribution in [1.29, 1.82) is 0 Å². The van der Waals surface area contributed by atoms with Crippen molar-refractivity contribution >= 4 is 50.6 Å². The van der Waals surface area contributed by atoms with Crippen LogP contribution in [0.5, 0.6) is 5.75 Å². The van der Waals surface area contributed by atoms with Crippen molar-refractivity contribution in [2.45, 2.75) is 0 Å². The van der Waals surface area contributed by atoms with Gasteiger partial charge in [0.05, 0.1) is 17.7 Å². The molecule has 2 amide bonds. The summed E-state index contributed by atoms with van der Waals surface area (Å²) in [7, 11) is 1.53. The van der Waals surface area contributed by atoms with Gasteiger partial charge in [0.25, 0.3) is 11.1 Å². The molecule has 28 heavy (non-hydrogen) atoms. The minimum absolute atomic E-state index is 0.310. The van der Waals surface area contributed by atoms with Crippen LogP contribution in [0, 0.1) is 0 Å². The Balaban J connectivity index is 1.60. The summed E-state index contributed by atoms with van der Waals surface area (Å²) in [4.78, 5) is 26.6. The Bertz CT molecular complexity index is 1090. The van der Waals surface area contributed by atoms with E-state index in [1.807, 2.05) is 30.3 Å². The van der Waals surface area contributed by atoms with E-state index < -0.39 is 0 Å². The second-order valence-electron chi connectivity index (χ2n) is 5.93. The van der Waals surface area contributed by atoms with Gasteiger partial charge in [0.1, 0.15) is 17.3 Å². The van der Waals surface area contributed by atoms with E-state index in [2.05, 4.69) is 15.9 Å². The number of nitrogens with zero attached hydrogens (tertiary/aromatic N) is 1. The third-order valence-electron chi connectivity index (χ3n) is 4.13. The summed E-state index contributed by atoms with van der Waals surface area (Å²) in [6.07, 6.45) is 1.59. The molecule has 4 rings (SSSR count). The fourth-order valence-corrected chi connectivity index (χ4v) is 3.85. The molecule has 2 aromatic carbocycles. The minimum Gasteiger partial charge on any atom is -0.497 e. The number of rotatable bonds is 4. The first-order chi connectivity index (χ1) is 13.5. The van der Waals surface area contributed by atoms with Gasteiger partial charge in [0, 0.05) is 22.2 Å². The zero-order chi connectivity index (χ0) is 19.7. The predicted molar refractivity (Wildman–Crippen MR) is 113 cm³/mol. The van der Waals surface area contributed by atoms with Gasteiger partial charge in [-0.05, 0) is 48.2 Å². The van der Waals surface area contributed by atoms with Gasteiger partial charge in [0.15, 0.2) is 0 Å². The Morgan fingerprint density at radius 2 is 1.86 bits per heavy atom. The zero-order valence-corrected chi connectivity index (χ0v) is 17.1. The highest BCUT2D eigenvalue weighted by atomic mass is 79.9. The quantitative estimate of drug-likeness (QED) is 0.454. The molecule has 1 saturated heterocycles. The average molecular weight is 456 g/mol. The standard InChI is InChI=1S/C21H14BrNO4S/c1-26-16-4-2-3-15(11-16)23-20(24)19(28-21(23)25)12-17-9-10-18(27-17)13-5-7-14(22)8-6-13/h2-12H,1H3/b19-12+. The summed E-state index contributed by atoms with van der Waals surface area (Å²) in [6.45, 7) is 0. The molecule has 0 N–H and O–H groups in total. The van der Waals surface area contributed by atoms with E-state index in [4.69, 9.17) is 9.15 Å². The van der Waals surface area contributed by atoms with E-state index in [-0.39, 0.29) is 11.1 Å². The Morgan fingerprint density at radius 3 is 2.61 bits per heavy atom. The van der Waals surface area contributed by atoms with Gasteiger partial charge in [-0.2, -0.15) is 0 Å². The van der Waals surface area contributed by atoms with Crippen LogP contribution in [0.4, 0.5) is 10.5 Å². The number of amides is 2. The highest BCUT2D eigenvalue weighted by Crippen LogP contribution is 2.37. The van der Waals surface area contributed by atoms with Gasteiger partial charge in [0.2, 0.25) is 0 Å². The number of methoxy groups -OCH3 is 1. The van der Waals surface area contributed by atoms with Crippen molar-refractivity contribution in [3.8, 4) is 17.1 Å². The monoisotopic (exact) mass is 455 g/mol. The Kier molecular flexibility index (Phi) is 5.11. The third-order valence-corrected chi connectivity index (χ3v) is 5.53. The lowest BCUT2D eigenvalue weighted by molar-refractivity contribution is -0.113. The van der Waals surface area contributed by atoms with Gasteiger partial charge in [-0.3, -0.25) is 9.59 Å². The number of halogens is 1. The molecule has 3 aromatic rings. The maximum Gasteiger partial charge on any atom is 0.298 e. The SMILES string of the molecule is COc1cccc(N2C(=O)S/C(=C/c3ccc(-c4ccc(Br)cc4)o3)C2=O)c1. The van der Waals surface area contributed by atoms with Crippen LogP contribution >= 0.6 is 27.7 Å². The zero-order valence-electron chi connectivity index (χ0n) is 14.7. The Hall–Kier alpha value is -2.77. The number of furan rings is 1. The molecular formula is C21H14BrNO4S. The number of ether oxygens (including phenoxy) is 1. The highest BCUT2D eigenvalue weighted by molar-refractivity contribution is 9.10. The molecule has 1 aliphatic heterocycles. The molecule has 0 aliphatic carbocycles. The summed E-state index contributed by atoms with van der Waals surface area (Å²) in [5.41, 5.74) is 1.40. The first-order valence-electron chi connectivity index (χ1n) is 8.33. The lowest BCUT2D eigenvalue weighted by Crippen LogP contribution is -2.27. The number of anilines is 1. The van der Waals surface area contributed by atoms with Crippen molar-refractivity contribution < 1.29 is 18.7 Å². The number of carbonyl (C=O) groups excluding carboxylic acids is 2. The summed E-state index contributed by atoms with van der Waals surface area (Å²) in [5.74, 6) is 1.38. The second kappa shape index (κ2) is 7.69. The number of carbonyl (C=O) groups is 2. The summed E-state index contributed by atoms with van der Waals surface area (Å²) in [5, 5.41) is -0.357. The van der Waals surface area contributed by atoms with Crippen LogP contribution < -0.4 is 9.64 Å². The molecule has 0 spiro atoms. The lowest BCUT2D eigenvalue weighted by Gasteiger charge is -2.13. The van der Waals surface area contributed by atoms with Crippen molar-refractivity contribution in [1.82, 2.24) is 0 Å². The topological polar surface area (TPSA) is 59.8 Å². The molecule has 140 valence electrons. The average Bonchev–Trinajstić information content (AvgIpc) is 3.27. The van der Waals surface area contributed by atoms with E-state index in [1.165, 1.54) is 7.11 Å². The number of benzene rings is 2. The van der Waals surface area contributed by atoms with Gasteiger partial charge in [-0.25, -0.2) is 4.90 Å². The number of thioether (sulfide) groups is 1. The molecule has 0 radical (unpaired) electrons. The fraction of sp³-hybridized carbons (Fsp3) is 0.0476. The maximum atomic E-state index is 12.8. The second-order valence-corrected chi connectivity index (χ2v) is 7.84. The maximum absolute atomic E-state index is 12.8. The molecule has 0 bridgehead atoms. The molecule has 2 heterocycles. The van der Waals surface area contributed by atoms with Crippen LogP contribution in [0.3, 0.4) is 0 Å². The number of hydrogen-bond donors (Lipinski definition) is 0. The van der Waals surface area contributed by atoms with E-state index >= 15 is 0 Å². The molecular weight excluding hydrogens is 442 g/mol. The van der Waals surface area contributed by atoms with Crippen LogP contribution in [-0.2, 0) is 4.79 Å².